The second kappa shape index (κ2) is 12.0. The molecule has 1 aliphatic rings. The highest BCUT2D eigenvalue weighted by atomic mass is 127. The molecular weight excluding hydrogens is 503 g/mol. The molecule has 0 amide bonds. The van der Waals surface area contributed by atoms with Crippen LogP contribution in [0.15, 0.2) is 41.7 Å². The van der Waals surface area contributed by atoms with E-state index in [9.17, 15) is 0 Å². The van der Waals surface area contributed by atoms with Gasteiger partial charge in [0.25, 0.3) is 0 Å². The summed E-state index contributed by atoms with van der Waals surface area (Å²) in [6, 6.07) is 7.52. The van der Waals surface area contributed by atoms with E-state index < -0.39 is 0 Å². The molecule has 1 aromatic heterocycles. The molecule has 0 radical (unpaired) electrons. The fourth-order valence-corrected chi connectivity index (χ4v) is 3.36. The van der Waals surface area contributed by atoms with Gasteiger partial charge in [-0.2, -0.15) is 0 Å². The van der Waals surface area contributed by atoms with Gasteiger partial charge >= 0.3 is 0 Å². The molecule has 9 heteroatoms. The third kappa shape index (κ3) is 6.88. The Kier molecular flexibility index (Phi) is 9.72. The third-order valence-electron chi connectivity index (χ3n) is 4.62. The molecule has 29 heavy (non-hydrogen) atoms. The van der Waals surface area contributed by atoms with Crippen LogP contribution in [0.4, 0.5) is 5.95 Å². The lowest BCUT2D eigenvalue weighted by Gasteiger charge is -2.36. The molecular formula is C20H28ClIN6O. The average molecular weight is 531 g/mol. The van der Waals surface area contributed by atoms with E-state index >= 15 is 0 Å². The number of guanidine groups is 1. The minimum atomic E-state index is 0. The molecule has 0 bridgehead atoms. The van der Waals surface area contributed by atoms with Gasteiger partial charge in [0.2, 0.25) is 5.95 Å². The highest BCUT2D eigenvalue weighted by molar-refractivity contribution is 14.0. The van der Waals surface area contributed by atoms with Gasteiger partial charge in [0.1, 0.15) is 5.75 Å². The number of nitrogens with zero attached hydrogens (tertiary/aromatic N) is 5. The largest absolute Gasteiger partial charge is 0.493 e. The average Bonchev–Trinajstić information content (AvgIpc) is 2.73. The van der Waals surface area contributed by atoms with E-state index in [1.165, 1.54) is 0 Å². The molecule has 2 aromatic rings. The molecule has 1 saturated heterocycles. The molecule has 3 rings (SSSR count). The Balaban J connectivity index is 0.00000300. The maximum Gasteiger partial charge on any atom is 0.225 e. The summed E-state index contributed by atoms with van der Waals surface area (Å²) in [6.07, 6.45) is 4.45. The lowest BCUT2D eigenvalue weighted by molar-refractivity contribution is 0.307. The van der Waals surface area contributed by atoms with Crippen molar-refractivity contribution in [3.05, 3.63) is 47.2 Å². The molecule has 0 saturated carbocycles. The van der Waals surface area contributed by atoms with E-state index in [0.717, 1.165) is 67.4 Å². The molecule has 1 aliphatic heterocycles. The van der Waals surface area contributed by atoms with E-state index in [1.54, 1.807) is 12.4 Å². The van der Waals surface area contributed by atoms with Crippen LogP contribution in [-0.2, 0) is 0 Å². The van der Waals surface area contributed by atoms with Crippen LogP contribution in [0.1, 0.15) is 12.0 Å². The summed E-state index contributed by atoms with van der Waals surface area (Å²) in [5.41, 5.74) is 1.05. The summed E-state index contributed by atoms with van der Waals surface area (Å²) < 4.78 is 5.84. The number of anilines is 1. The van der Waals surface area contributed by atoms with Crippen molar-refractivity contribution in [2.75, 3.05) is 51.3 Å². The van der Waals surface area contributed by atoms with Crippen molar-refractivity contribution in [3.8, 4) is 5.75 Å². The van der Waals surface area contributed by atoms with Crippen molar-refractivity contribution >= 4 is 47.5 Å². The second-order valence-electron chi connectivity index (χ2n) is 6.61. The van der Waals surface area contributed by atoms with E-state index in [2.05, 4.69) is 30.1 Å². The fourth-order valence-electron chi connectivity index (χ4n) is 3.13. The van der Waals surface area contributed by atoms with Gasteiger partial charge in [-0.05, 0) is 43.2 Å². The van der Waals surface area contributed by atoms with E-state index in [1.807, 2.05) is 38.2 Å². The fraction of sp³-hybridized carbons (Fsp3) is 0.450. The smallest absolute Gasteiger partial charge is 0.225 e. The highest BCUT2D eigenvalue weighted by Gasteiger charge is 2.20. The van der Waals surface area contributed by atoms with Crippen molar-refractivity contribution in [1.29, 1.82) is 0 Å². The monoisotopic (exact) mass is 530 g/mol. The quantitative estimate of drug-likeness (QED) is 0.268. The SMILES string of the molecule is CN=C(NCCCOc1ccc(Cl)cc1C)N1CCN(c2ncccn2)CC1.I. The van der Waals surface area contributed by atoms with Crippen LogP contribution >= 0.6 is 35.6 Å². The van der Waals surface area contributed by atoms with Gasteiger partial charge in [-0.15, -0.1) is 24.0 Å². The van der Waals surface area contributed by atoms with Crippen LogP contribution in [0.25, 0.3) is 0 Å². The zero-order chi connectivity index (χ0) is 19.8. The van der Waals surface area contributed by atoms with Crippen LogP contribution < -0.4 is 15.0 Å². The Morgan fingerprint density at radius 3 is 2.59 bits per heavy atom. The van der Waals surface area contributed by atoms with Gasteiger partial charge in [0.15, 0.2) is 5.96 Å². The normalized spacial score (nSPS) is 14.4. The number of hydrogen-bond acceptors (Lipinski definition) is 5. The van der Waals surface area contributed by atoms with Crippen LogP contribution in [0, 0.1) is 6.92 Å². The standard InChI is InChI=1S/C20H27ClN6O.HI/c1-16-15-17(21)5-6-18(16)28-14-4-9-23-19(22-2)26-10-12-27(13-11-26)20-24-7-3-8-25-20;/h3,5-8,15H,4,9-14H2,1-2H3,(H,22,23);1H. The van der Waals surface area contributed by atoms with Gasteiger partial charge in [-0.3, -0.25) is 4.99 Å². The number of nitrogens with one attached hydrogen (secondary N) is 1. The van der Waals surface area contributed by atoms with Gasteiger partial charge in [0.05, 0.1) is 6.61 Å². The minimum absolute atomic E-state index is 0. The van der Waals surface area contributed by atoms with Gasteiger partial charge < -0.3 is 19.9 Å². The van der Waals surface area contributed by atoms with Crippen molar-refractivity contribution in [1.82, 2.24) is 20.2 Å². The van der Waals surface area contributed by atoms with Crippen molar-refractivity contribution in [2.24, 2.45) is 4.99 Å². The zero-order valence-electron chi connectivity index (χ0n) is 16.8. The summed E-state index contributed by atoms with van der Waals surface area (Å²) >= 11 is 5.98. The predicted molar refractivity (Wildman–Crippen MR) is 129 cm³/mol. The molecule has 1 fully saturated rings. The molecule has 7 nitrogen and oxygen atoms in total. The van der Waals surface area contributed by atoms with Crippen molar-refractivity contribution < 1.29 is 4.74 Å². The Bertz CT molecular complexity index is 784. The molecule has 158 valence electrons. The van der Waals surface area contributed by atoms with Crippen LogP contribution in [-0.4, -0.2) is 67.2 Å². The van der Waals surface area contributed by atoms with Crippen molar-refractivity contribution in [2.45, 2.75) is 13.3 Å². The molecule has 1 N–H and O–H groups in total. The first-order valence-corrected chi connectivity index (χ1v) is 9.91. The highest BCUT2D eigenvalue weighted by Crippen LogP contribution is 2.21. The molecule has 0 atom stereocenters. The molecule has 0 unspecified atom stereocenters. The summed E-state index contributed by atoms with van der Waals surface area (Å²) in [6.45, 7) is 6.98. The Hall–Kier alpha value is -1.81. The first-order valence-electron chi connectivity index (χ1n) is 9.54. The predicted octanol–water partition coefficient (Wildman–Crippen LogP) is 3.22. The lowest BCUT2D eigenvalue weighted by Crippen LogP contribution is -2.53. The Morgan fingerprint density at radius 1 is 1.21 bits per heavy atom. The lowest BCUT2D eigenvalue weighted by atomic mass is 10.2. The summed E-state index contributed by atoms with van der Waals surface area (Å²) in [5.74, 6) is 2.60. The van der Waals surface area contributed by atoms with Crippen LogP contribution in [0.5, 0.6) is 5.75 Å². The van der Waals surface area contributed by atoms with E-state index in [-0.39, 0.29) is 24.0 Å². The molecule has 0 spiro atoms. The Labute approximate surface area is 194 Å². The summed E-state index contributed by atoms with van der Waals surface area (Å²) in [7, 11) is 1.82. The maximum absolute atomic E-state index is 5.98. The van der Waals surface area contributed by atoms with Gasteiger partial charge in [0, 0.05) is 57.2 Å². The molecule has 2 heterocycles. The van der Waals surface area contributed by atoms with E-state index in [4.69, 9.17) is 16.3 Å². The number of piperazine rings is 1. The minimum Gasteiger partial charge on any atom is -0.493 e. The topological polar surface area (TPSA) is 65.9 Å². The van der Waals surface area contributed by atoms with Gasteiger partial charge in [-0.25, -0.2) is 9.97 Å². The third-order valence-corrected chi connectivity index (χ3v) is 4.86. The molecule has 1 aromatic carbocycles. The molecule has 0 aliphatic carbocycles. The summed E-state index contributed by atoms with van der Waals surface area (Å²) in [5, 5.41) is 4.16. The number of hydrogen-bond donors (Lipinski definition) is 1. The number of aromatic nitrogens is 2. The number of halogens is 2. The first-order chi connectivity index (χ1) is 13.7. The number of rotatable bonds is 6. The first kappa shape index (κ1) is 23.5. The number of aryl methyl sites for hydroxylation is 1. The number of benzene rings is 1. The zero-order valence-corrected chi connectivity index (χ0v) is 19.9. The summed E-state index contributed by atoms with van der Waals surface area (Å²) in [4.78, 5) is 17.5. The van der Waals surface area contributed by atoms with E-state index in [0.29, 0.717) is 6.61 Å². The number of ether oxygens (including phenoxy) is 1. The number of aliphatic imine (C=N–C) groups is 1. The maximum atomic E-state index is 5.98. The second-order valence-corrected chi connectivity index (χ2v) is 7.05. The van der Waals surface area contributed by atoms with Crippen LogP contribution in [0.3, 0.4) is 0 Å². The van der Waals surface area contributed by atoms with Crippen LogP contribution in [0.2, 0.25) is 5.02 Å². The van der Waals surface area contributed by atoms with Gasteiger partial charge in [-0.1, -0.05) is 11.6 Å². The van der Waals surface area contributed by atoms with Crippen molar-refractivity contribution in [3.63, 3.8) is 0 Å². The Morgan fingerprint density at radius 2 is 1.93 bits per heavy atom.